The molecule has 0 saturated carbocycles. The topological polar surface area (TPSA) is 43.7 Å². The van der Waals surface area contributed by atoms with Crippen LogP contribution >= 0.6 is 0 Å². The number of likely N-dealkylation sites (N-methyl/N-ethyl adjacent to an activating group) is 1. The van der Waals surface area contributed by atoms with Gasteiger partial charge in [0.15, 0.2) is 6.10 Å². The summed E-state index contributed by atoms with van der Waals surface area (Å²) in [6.07, 6.45) is -6.91. The molecule has 0 fully saturated rings. The highest BCUT2D eigenvalue weighted by Gasteiger charge is 2.38. The summed E-state index contributed by atoms with van der Waals surface area (Å²) in [5.41, 5.74) is 0. The Bertz CT molecular complexity index is 140. The van der Waals surface area contributed by atoms with Gasteiger partial charge < -0.3 is 10.2 Å². The van der Waals surface area contributed by atoms with Crippen molar-refractivity contribution in [3.05, 3.63) is 0 Å². The zero-order valence-corrected chi connectivity index (χ0v) is 7.38. The van der Waals surface area contributed by atoms with Crippen LogP contribution in [0.3, 0.4) is 0 Å². The van der Waals surface area contributed by atoms with Crippen molar-refractivity contribution >= 4 is 0 Å². The van der Waals surface area contributed by atoms with E-state index in [1.54, 1.807) is 6.92 Å². The molecule has 6 heteroatoms. The molecule has 3 nitrogen and oxygen atoms in total. The molecular weight excluding hydrogens is 187 g/mol. The van der Waals surface area contributed by atoms with Crippen LogP contribution in [0.15, 0.2) is 0 Å². The van der Waals surface area contributed by atoms with Crippen molar-refractivity contribution < 1.29 is 23.4 Å². The van der Waals surface area contributed by atoms with Crippen LogP contribution in [-0.2, 0) is 0 Å². The average Bonchev–Trinajstić information content (AvgIpc) is 2.01. The van der Waals surface area contributed by atoms with E-state index in [1.165, 1.54) is 4.90 Å². The fourth-order valence-corrected chi connectivity index (χ4v) is 0.868. The van der Waals surface area contributed by atoms with Gasteiger partial charge in [-0.1, -0.05) is 6.92 Å². The van der Waals surface area contributed by atoms with E-state index in [4.69, 9.17) is 10.2 Å². The molecule has 13 heavy (non-hydrogen) atoms. The first-order chi connectivity index (χ1) is 5.91. The van der Waals surface area contributed by atoms with Crippen molar-refractivity contribution in [2.75, 3.05) is 26.2 Å². The number of aliphatic hydroxyl groups excluding tert-OH is 2. The van der Waals surface area contributed by atoms with E-state index in [0.29, 0.717) is 6.54 Å². The monoisotopic (exact) mass is 201 g/mol. The second-order valence-corrected chi connectivity index (χ2v) is 2.67. The molecule has 0 heterocycles. The maximum Gasteiger partial charge on any atom is 0.415 e. The molecule has 80 valence electrons. The summed E-state index contributed by atoms with van der Waals surface area (Å²) in [6, 6.07) is 0. The average molecular weight is 201 g/mol. The van der Waals surface area contributed by atoms with E-state index >= 15 is 0 Å². The van der Waals surface area contributed by atoms with Gasteiger partial charge in [-0.05, 0) is 6.54 Å². The largest absolute Gasteiger partial charge is 0.415 e. The van der Waals surface area contributed by atoms with E-state index in [9.17, 15) is 13.2 Å². The number of alkyl halides is 3. The van der Waals surface area contributed by atoms with E-state index < -0.39 is 18.8 Å². The van der Waals surface area contributed by atoms with Gasteiger partial charge in [0.2, 0.25) is 0 Å². The molecule has 0 aliphatic carbocycles. The first-order valence-electron chi connectivity index (χ1n) is 3.99. The van der Waals surface area contributed by atoms with Crippen molar-refractivity contribution in [3.63, 3.8) is 0 Å². The van der Waals surface area contributed by atoms with Gasteiger partial charge in [0.25, 0.3) is 0 Å². The SMILES string of the molecule is CCN(CCO)CC(O)C(F)(F)F. The van der Waals surface area contributed by atoms with Crippen molar-refractivity contribution in [2.45, 2.75) is 19.2 Å². The van der Waals surface area contributed by atoms with Crippen LogP contribution in [0.25, 0.3) is 0 Å². The van der Waals surface area contributed by atoms with Crippen LogP contribution in [0.2, 0.25) is 0 Å². The van der Waals surface area contributed by atoms with Crippen molar-refractivity contribution in [1.82, 2.24) is 4.90 Å². The minimum Gasteiger partial charge on any atom is -0.395 e. The Hall–Kier alpha value is -0.330. The lowest BCUT2D eigenvalue weighted by Gasteiger charge is -2.23. The van der Waals surface area contributed by atoms with Crippen LogP contribution in [-0.4, -0.2) is 53.6 Å². The van der Waals surface area contributed by atoms with Crippen LogP contribution in [0, 0.1) is 0 Å². The Morgan fingerprint density at radius 3 is 2.23 bits per heavy atom. The van der Waals surface area contributed by atoms with Gasteiger partial charge >= 0.3 is 6.18 Å². The smallest absolute Gasteiger partial charge is 0.395 e. The second-order valence-electron chi connectivity index (χ2n) is 2.67. The molecular formula is C7H14F3NO2. The van der Waals surface area contributed by atoms with E-state index in [-0.39, 0.29) is 13.2 Å². The van der Waals surface area contributed by atoms with Crippen LogP contribution in [0.1, 0.15) is 6.92 Å². The number of aliphatic hydroxyl groups is 2. The predicted molar refractivity (Wildman–Crippen MR) is 41.3 cm³/mol. The number of rotatable bonds is 5. The number of halogens is 3. The molecule has 0 radical (unpaired) electrons. The van der Waals surface area contributed by atoms with Gasteiger partial charge in [-0.3, -0.25) is 4.90 Å². The number of hydrogen-bond acceptors (Lipinski definition) is 3. The van der Waals surface area contributed by atoms with Crippen LogP contribution < -0.4 is 0 Å². The first-order valence-corrected chi connectivity index (χ1v) is 3.99. The van der Waals surface area contributed by atoms with E-state index in [0.717, 1.165) is 0 Å². The molecule has 1 atom stereocenters. The highest BCUT2D eigenvalue weighted by Crippen LogP contribution is 2.20. The molecule has 0 spiro atoms. The summed E-state index contributed by atoms with van der Waals surface area (Å²) >= 11 is 0. The summed E-state index contributed by atoms with van der Waals surface area (Å²) in [5, 5.41) is 17.1. The lowest BCUT2D eigenvalue weighted by Crippen LogP contribution is -2.41. The van der Waals surface area contributed by atoms with Gasteiger partial charge in [0, 0.05) is 13.1 Å². The highest BCUT2D eigenvalue weighted by atomic mass is 19.4. The fourth-order valence-electron chi connectivity index (χ4n) is 0.868. The minimum absolute atomic E-state index is 0.142. The molecule has 0 aromatic rings. The third-order valence-electron chi connectivity index (χ3n) is 1.67. The van der Waals surface area contributed by atoms with Crippen LogP contribution in [0.4, 0.5) is 13.2 Å². The molecule has 2 N–H and O–H groups in total. The Kier molecular flexibility index (Phi) is 5.27. The lowest BCUT2D eigenvalue weighted by atomic mass is 10.3. The Labute approximate surface area is 74.8 Å². The normalized spacial score (nSPS) is 15.0. The summed E-state index contributed by atoms with van der Waals surface area (Å²) in [6.45, 7) is 1.48. The van der Waals surface area contributed by atoms with Gasteiger partial charge in [-0.2, -0.15) is 13.2 Å². The Balaban J connectivity index is 3.93. The standard InChI is InChI=1S/C7H14F3NO2/c1-2-11(3-4-12)5-6(13)7(8,9)10/h6,12-13H,2-5H2,1H3. The molecule has 0 rings (SSSR count). The summed E-state index contributed by atoms with van der Waals surface area (Å²) < 4.78 is 35.5. The Morgan fingerprint density at radius 1 is 1.38 bits per heavy atom. The molecule has 0 saturated heterocycles. The Morgan fingerprint density at radius 2 is 1.92 bits per heavy atom. The molecule has 1 unspecified atom stereocenters. The van der Waals surface area contributed by atoms with Crippen molar-refractivity contribution in [1.29, 1.82) is 0 Å². The van der Waals surface area contributed by atoms with Crippen molar-refractivity contribution in [3.8, 4) is 0 Å². The zero-order valence-electron chi connectivity index (χ0n) is 7.38. The quantitative estimate of drug-likeness (QED) is 0.669. The van der Waals surface area contributed by atoms with E-state index in [2.05, 4.69) is 0 Å². The predicted octanol–water partition coefficient (Wildman–Crippen LogP) is 0.224. The molecule has 0 aromatic heterocycles. The summed E-state index contributed by atoms with van der Waals surface area (Å²) in [5.74, 6) is 0. The number of hydrogen-bond donors (Lipinski definition) is 2. The highest BCUT2D eigenvalue weighted by molar-refractivity contribution is 4.70. The van der Waals surface area contributed by atoms with Gasteiger partial charge in [0.05, 0.1) is 6.61 Å². The third-order valence-corrected chi connectivity index (χ3v) is 1.67. The molecule has 0 bridgehead atoms. The molecule has 0 amide bonds. The van der Waals surface area contributed by atoms with Crippen molar-refractivity contribution in [2.24, 2.45) is 0 Å². The van der Waals surface area contributed by atoms with Crippen LogP contribution in [0.5, 0.6) is 0 Å². The maximum absolute atomic E-state index is 11.8. The van der Waals surface area contributed by atoms with Gasteiger partial charge in [0.1, 0.15) is 0 Å². The second kappa shape index (κ2) is 5.41. The number of nitrogens with zero attached hydrogens (tertiary/aromatic N) is 1. The maximum atomic E-state index is 11.8. The lowest BCUT2D eigenvalue weighted by molar-refractivity contribution is -0.208. The molecule has 0 aliphatic rings. The van der Waals surface area contributed by atoms with Gasteiger partial charge in [-0.25, -0.2) is 0 Å². The molecule has 0 aliphatic heterocycles. The third kappa shape index (κ3) is 5.07. The minimum atomic E-state index is -4.58. The van der Waals surface area contributed by atoms with E-state index in [1.807, 2.05) is 0 Å². The summed E-state index contributed by atoms with van der Waals surface area (Å²) in [4.78, 5) is 1.33. The summed E-state index contributed by atoms with van der Waals surface area (Å²) in [7, 11) is 0. The van der Waals surface area contributed by atoms with Gasteiger partial charge in [-0.15, -0.1) is 0 Å². The molecule has 0 aromatic carbocycles. The fraction of sp³-hybridized carbons (Fsp3) is 1.00. The first kappa shape index (κ1) is 12.7. The zero-order chi connectivity index (χ0) is 10.5.